The lowest BCUT2D eigenvalue weighted by Crippen LogP contribution is -2.45. The molecule has 2 nitrogen and oxygen atoms in total. The Balaban J connectivity index is 1.90. The second kappa shape index (κ2) is 7.95. The summed E-state index contributed by atoms with van der Waals surface area (Å²) in [4.78, 5) is 2.59. The first kappa shape index (κ1) is 16.5. The van der Waals surface area contributed by atoms with Gasteiger partial charge in [0, 0.05) is 18.1 Å². The Labute approximate surface area is 130 Å². The van der Waals surface area contributed by atoms with Gasteiger partial charge in [0.2, 0.25) is 0 Å². The fourth-order valence-corrected chi connectivity index (χ4v) is 3.30. The molecule has 2 heteroatoms. The minimum Gasteiger partial charge on any atom is -0.307 e. The number of likely N-dealkylation sites (tertiary alicyclic amines) is 1. The summed E-state index contributed by atoms with van der Waals surface area (Å²) >= 11 is 0. The van der Waals surface area contributed by atoms with Crippen molar-refractivity contribution in [3.63, 3.8) is 0 Å². The average molecular weight is 288 g/mol. The quantitative estimate of drug-likeness (QED) is 0.845. The molecular formula is C19H32N2. The second-order valence-electron chi connectivity index (χ2n) is 6.63. The summed E-state index contributed by atoms with van der Waals surface area (Å²) in [6.07, 6.45) is 4.84. The van der Waals surface area contributed by atoms with Crippen LogP contribution in [-0.4, -0.2) is 30.1 Å². The molecule has 1 unspecified atom stereocenters. The van der Waals surface area contributed by atoms with Gasteiger partial charge < -0.3 is 10.2 Å². The van der Waals surface area contributed by atoms with Crippen LogP contribution in [0.1, 0.15) is 64.1 Å². The summed E-state index contributed by atoms with van der Waals surface area (Å²) in [6, 6.07) is 11.0. The predicted molar refractivity (Wildman–Crippen MR) is 91.7 cm³/mol. The van der Waals surface area contributed by atoms with E-state index in [1.807, 2.05) is 0 Å². The van der Waals surface area contributed by atoms with Gasteiger partial charge in [-0.3, -0.25) is 0 Å². The third kappa shape index (κ3) is 4.55. The lowest BCUT2D eigenvalue weighted by molar-refractivity contribution is 0.156. The minimum absolute atomic E-state index is 0.506. The topological polar surface area (TPSA) is 15.3 Å². The average Bonchev–Trinajstić information content (AvgIpc) is 2.53. The SMILES string of the molecule is CCc1ccc(C(CC)NC2CCN(C(C)C)CC2)cc1. The summed E-state index contributed by atoms with van der Waals surface area (Å²) in [6.45, 7) is 11.6. The number of nitrogens with zero attached hydrogens (tertiary/aromatic N) is 1. The number of benzene rings is 1. The zero-order valence-electron chi connectivity index (χ0n) is 14.2. The molecule has 21 heavy (non-hydrogen) atoms. The Morgan fingerprint density at radius 2 is 1.71 bits per heavy atom. The van der Waals surface area contributed by atoms with Crippen LogP contribution in [0.3, 0.4) is 0 Å². The van der Waals surface area contributed by atoms with Crippen molar-refractivity contribution in [3.8, 4) is 0 Å². The van der Waals surface area contributed by atoms with Gasteiger partial charge in [0.1, 0.15) is 0 Å². The molecule has 0 aliphatic carbocycles. The molecule has 1 N–H and O–H groups in total. The van der Waals surface area contributed by atoms with Crippen LogP contribution in [0.2, 0.25) is 0 Å². The smallest absolute Gasteiger partial charge is 0.0320 e. The molecule has 1 heterocycles. The molecule has 1 aliphatic rings. The van der Waals surface area contributed by atoms with E-state index >= 15 is 0 Å². The molecule has 0 spiro atoms. The van der Waals surface area contributed by atoms with E-state index in [9.17, 15) is 0 Å². The van der Waals surface area contributed by atoms with Gasteiger partial charge in [0.25, 0.3) is 0 Å². The third-order valence-corrected chi connectivity index (χ3v) is 4.90. The van der Waals surface area contributed by atoms with E-state index < -0.39 is 0 Å². The number of piperidine rings is 1. The minimum atomic E-state index is 0.506. The van der Waals surface area contributed by atoms with Gasteiger partial charge in [0.15, 0.2) is 0 Å². The highest BCUT2D eigenvalue weighted by Crippen LogP contribution is 2.21. The lowest BCUT2D eigenvalue weighted by Gasteiger charge is -2.36. The maximum absolute atomic E-state index is 3.89. The molecule has 2 rings (SSSR count). The summed E-state index contributed by atoms with van der Waals surface area (Å²) in [5.74, 6) is 0. The van der Waals surface area contributed by atoms with E-state index in [2.05, 4.69) is 62.2 Å². The molecule has 1 aromatic rings. The highest BCUT2D eigenvalue weighted by atomic mass is 15.2. The van der Waals surface area contributed by atoms with Crippen molar-refractivity contribution in [2.24, 2.45) is 0 Å². The van der Waals surface area contributed by atoms with Crippen LogP contribution in [0.5, 0.6) is 0 Å². The zero-order chi connectivity index (χ0) is 15.2. The van der Waals surface area contributed by atoms with Gasteiger partial charge in [-0.2, -0.15) is 0 Å². The van der Waals surface area contributed by atoms with Crippen LogP contribution >= 0.6 is 0 Å². The van der Waals surface area contributed by atoms with Crippen molar-refractivity contribution >= 4 is 0 Å². The van der Waals surface area contributed by atoms with Crippen LogP contribution in [0.4, 0.5) is 0 Å². The first-order valence-electron chi connectivity index (χ1n) is 8.73. The first-order valence-corrected chi connectivity index (χ1v) is 8.73. The van der Waals surface area contributed by atoms with Gasteiger partial charge in [-0.15, -0.1) is 0 Å². The number of hydrogen-bond acceptors (Lipinski definition) is 2. The number of aryl methyl sites for hydroxylation is 1. The molecule has 1 saturated heterocycles. The molecule has 1 atom stereocenters. The Morgan fingerprint density at radius 1 is 1.10 bits per heavy atom. The summed E-state index contributed by atoms with van der Waals surface area (Å²) in [5, 5.41) is 3.89. The van der Waals surface area contributed by atoms with E-state index in [4.69, 9.17) is 0 Å². The van der Waals surface area contributed by atoms with Gasteiger partial charge in [-0.25, -0.2) is 0 Å². The van der Waals surface area contributed by atoms with Crippen LogP contribution in [0.25, 0.3) is 0 Å². The zero-order valence-corrected chi connectivity index (χ0v) is 14.2. The van der Waals surface area contributed by atoms with E-state index in [0.717, 1.165) is 12.8 Å². The Morgan fingerprint density at radius 3 is 2.19 bits per heavy atom. The van der Waals surface area contributed by atoms with Gasteiger partial charge in [0.05, 0.1) is 0 Å². The van der Waals surface area contributed by atoms with Crippen molar-refractivity contribution in [2.75, 3.05) is 13.1 Å². The van der Waals surface area contributed by atoms with Crippen LogP contribution in [0, 0.1) is 0 Å². The van der Waals surface area contributed by atoms with Crippen molar-refractivity contribution in [3.05, 3.63) is 35.4 Å². The van der Waals surface area contributed by atoms with E-state index in [1.165, 1.54) is 37.1 Å². The van der Waals surface area contributed by atoms with E-state index in [0.29, 0.717) is 18.1 Å². The van der Waals surface area contributed by atoms with Crippen molar-refractivity contribution in [2.45, 2.75) is 71.5 Å². The number of rotatable bonds is 6. The van der Waals surface area contributed by atoms with Gasteiger partial charge >= 0.3 is 0 Å². The monoisotopic (exact) mass is 288 g/mol. The fraction of sp³-hybridized carbons (Fsp3) is 0.684. The molecular weight excluding hydrogens is 256 g/mol. The molecule has 0 aromatic heterocycles. The van der Waals surface area contributed by atoms with E-state index in [-0.39, 0.29) is 0 Å². The van der Waals surface area contributed by atoms with Gasteiger partial charge in [-0.05, 0) is 63.7 Å². The van der Waals surface area contributed by atoms with Crippen molar-refractivity contribution < 1.29 is 0 Å². The third-order valence-electron chi connectivity index (χ3n) is 4.90. The Hall–Kier alpha value is -0.860. The Kier molecular flexibility index (Phi) is 6.25. The summed E-state index contributed by atoms with van der Waals surface area (Å²) in [7, 11) is 0. The molecule has 1 fully saturated rings. The lowest BCUT2D eigenvalue weighted by atomic mass is 9.98. The fourth-order valence-electron chi connectivity index (χ4n) is 3.30. The largest absolute Gasteiger partial charge is 0.307 e. The molecule has 0 saturated carbocycles. The van der Waals surface area contributed by atoms with Crippen LogP contribution in [-0.2, 0) is 6.42 Å². The van der Waals surface area contributed by atoms with Crippen molar-refractivity contribution in [1.29, 1.82) is 0 Å². The molecule has 0 radical (unpaired) electrons. The standard InChI is InChI=1S/C19H32N2/c1-5-16-7-9-17(10-8-16)19(6-2)20-18-11-13-21(14-12-18)15(3)4/h7-10,15,18-20H,5-6,11-14H2,1-4H3. The van der Waals surface area contributed by atoms with Crippen LogP contribution in [0.15, 0.2) is 24.3 Å². The number of hydrogen-bond donors (Lipinski definition) is 1. The molecule has 118 valence electrons. The highest BCUT2D eigenvalue weighted by Gasteiger charge is 2.22. The normalized spacial score (nSPS) is 19.1. The molecule has 0 bridgehead atoms. The second-order valence-corrected chi connectivity index (χ2v) is 6.63. The first-order chi connectivity index (χ1) is 10.1. The molecule has 0 amide bonds. The summed E-state index contributed by atoms with van der Waals surface area (Å²) in [5.41, 5.74) is 2.87. The molecule has 1 aromatic carbocycles. The molecule has 1 aliphatic heterocycles. The Bertz CT molecular complexity index is 402. The number of nitrogens with one attached hydrogen (secondary N) is 1. The van der Waals surface area contributed by atoms with E-state index in [1.54, 1.807) is 0 Å². The summed E-state index contributed by atoms with van der Waals surface area (Å²) < 4.78 is 0. The van der Waals surface area contributed by atoms with Gasteiger partial charge in [-0.1, -0.05) is 38.1 Å². The van der Waals surface area contributed by atoms with Crippen LogP contribution < -0.4 is 5.32 Å². The maximum atomic E-state index is 3.89. The van der Waals surface area contributed by atoms with Crippen molar-refractivity contribution in [1.82, 2.24) is 10.2 Å². The maximum Gasteiger partial charge on any atom is 0.0320 e. The highest BCUT2D eigenvalue weighted by molar-refractivity contribution is 5.25. The predicted octanol–water partition coefficient (Wildman–Crippen LogP) is 4.16.